The van der Waals surface area contributed by atoms with Crippen LogP contribution in [0.1, 0.15) is 33.1 Å². The van der Waals surface area contributed by atoms with Crippen LogP contribution < -0.4 is 0 Å². The number of alkyl halides is 1. The van der Waals surface area contributed by atoms with Crippen LogP contribution in [0.4, 0.5) is 0 Å². The van der Waals surface area contributed by atoms with Crippen molar-refractivity contribution in [2.45, 2.75) is 37.4 Å². The molecule has 0 aromatic carbocycles. The zero-order valence-corrected chi connectivity index (χ0v) is 8.69. The zero-order valence-electron chi connectivity index (χ0n) is 7.10. The second-order valence-corrected chi connectivity index (χ2v) is 5.05. The molecule has 1 rings (SSSR count). The van der Waals surface area contributed by atoms with Crippen molar-refractivity contribution in [3.63, 3.8) is 0 Å². The highest BCUT2D eigenvalue weighted by molar-refractivity contribution is 9.10. The van der Waals surface area contributed by atoms with Crippen LogP contribution in [0.2, 0.25) is 0 Å². The first-order valence-corrected chi connectivity index (χ1v) is 4.99. The Morgan fingerprint density at radius 1 is 1.55 bits per heavy atom. The van der Waals surface area contributed by atoms with E-state index >= 15 is 0 Å². The van der Waals surface area contributed by atoms with Crippen LogP contribution in [0, 0.1) is 23.2 Å². The van der Waals surface area contributed by atoms with Crippen LogP contribution >= 0.6 is 15.9 Å². The van der Waals surface area contributed by atoms with E-state index in [0.717, 1.165) is 6.42 Å². The van der Waals surface area contributed by atoms with E-state index in [9.17, 15) is 0 Å². The third-order valence-electron chi connectivity index (χ3n) is 2.96. The molecule has 0 spiro atoms. The van der Waals surface area contributed by atoms with Crippen LogP contribution in [0.5, 0.6) is 0 Å². The van der Waals surface area contributed by atoms with Gasteiger partial charge in [-0.2, -0.15) is 5.26 Å². The zero-order chi connectivity index (χ0) is 8.48. The Bertz CT molecular complexity index is 184. The fourth-order valence-corrected chi connectivity index (χ4v) is 2.50. The highest BCUT2D eigenvalue weighted by Crippen LogP contribution is 2.42. The van der Waals surface area contributed by atoms with E-state index < -0.39 is 0 Å². The Morgan fingerprint density at radius 3 is 2.64 bits per heavy atom. The Balaban J connectivity index is 2.74. The van der Waals surface area contributed by atoms with Crippen molar-refractivity contribution in [1.29, 1.82) is 5.26 Å². The van der Waals surface area contributed by atoms with Gasteiger partial charge in [-0.05, 0) is 18.3 Å². The Morgan fingerprint density at radius 2 is 2.18 bits per heavy atom. The Labute approximate surface area is 76.9 Å². The summed E-state index contributed by atoms with van der Waals surface area (Å²) >= 11 is 3.54. The SMILES string of the molecule is CC1CCCC(Br)(C#N)C1C. The molecule has 0 N–H and O–H groups in total. The minimum atomic E-state index is -0.231. The molecular formula is C9H14BrN. The summed E-state index contributed by atoms with van der Waals surface area (Å²) in [5.74, 6) is 1.17. The van der Waals surface area contributed by atoms with Gasteiger partial charge in [0, 0.05) is 0 Å². The molecule has 1 aliphatic rings. The number of hydrogen-bond donors (Lipinski definition) is 0. The minimum absolute atomic E-state index is 0.231. The van der Waals surface area contributed by atoms with Gasteiger partial charge < -0.3 is 0 Å². The average molecular weight is 216 g/mol. The van der Waals surface area contributed by atoms with Gasteiger partial charge >= 0.3 is 0 Å². The summed E-state index contributed by atoms with van der Waals surface area (Å²) in [6.07, 6.45) is 3.47. The number of halogens is 1. The topological polar surface area (TPSA) is 23.8 Å². The summed E-state index contributed by atoms with van der Waals surface area (Å²) < 4.78 is -0.231. The Hall–Kier alpha value is -0.0300. The molecule has 3 atom stereocenters. The molecule has 0 aromatic heterocycles. The number of rotatable bonds is 0. The first-order valence-electron chi connectivity index (χ1n) is 4.20. The van der Waals surface area contributed by atoms with Gasteiger partial charge in [-0.25, -0.2) is 0 Å². The molecule has 3 unspecified atom stereocenters. The molecule has 0 bridgehead atoms. The van der Waals surface area contributed by atoms with Crippen molar-refractivity contribution < 1.29 is 0 Å². The van der Waals surface area contributed by atoms with E-state index in [1.54, 1.807) is 0 Å². The summed E-state index contributed by atoms with van der Waals surface area (Å²) in [7, 11) is 0. The van der Waals surface area contributed by atoms with Crippen molar-refractivity contribution in [2.24, 2.45) is 11.8 Å². The van der Waals surface area contributed by atoms with Crippen molar-refractivity contribution >= 4 is 15.9 Å². The molecule has 62 valence electrons. The van der Waals surface area contributed by atoms with E-state index in [0.29, 0.717) is 11.8 Å². The molecule has 1 fully saturated rings. The summed E-state index contributed by atoms with van der Waals surface area (Å²) in [5, 5.41) is 8.94. The fraction of sp³-hybridized carbons (Fsp3) is 0.889. The van der Waals surface area contributed by atoms with E-state index in [4.69, 9.17) is 5.26 Å². The molecule has 0 radical (unpaired) electrons. The predicted molar refractivity (Wildman–Crippen MR) is 49.5 cm³/mol. The number of hydrogen-bond acceptors (Lipinski definition) is 1. The molecule has 0 saturated heterocycles. The highest BCUT2D eigenvalue weighted by Gasteiger charge is 2.39. The van der Waals surface area contributed by atoms with Gasteiger partial charge in [0.1, 0.15) is 4.32 Å². The molecule has 0 amide bonds. The van der Waals surface area contributed by atoms with E-state index in [1.807, 2.05) is 0 Å². The van der Waals surface area contributed by atoms with Crippen LogP contribution in [-0.2, 0) is 0 Å². The summed E-state index contributed by atoms with van der Waals surface area (Å²) in [6.45, 7) is 4.40. The number of nitrogens with zero attached hydrogens (tertiary/aromatic N) is 1. The van der Waals surface area contributed by atoms with E-state index in [1.165, 1.54) is 12.8 Å². The van der Waals surface area contributed by atoms with Gasteiger partial charge in [0.15, 0.2) is 0 Å². The maximum absolute atomic E-state index is 8.94. The quantitative estimate of drug-likeness (QED) is 0.571. The van der Waals surface area contributed by atoms with Crippen LogP contribution in [0.15, 0.2) is 0 Å². The molecule has 11 heavy (non-hydrogen) atoms. The standard InChI is InChI=1S/C9H14BrN/c1-7-4-3-5-9(10,6-11)8(7)2/h7-8H,3-5H2,1-2H3. The largest absolute Gasteiger partial charge is 0.197 e. The summed E-state index contributed by atoms with van der Waals surface area (Å²) in [6, 6.07) is 2.38. The van der Waals surface area contributed by atoms with Gasteiger partial charge in [0.2, 0.25) is 0 Å². The van der Waals surface area contributed by atoms with Gasteiger partial charge in [-0.15, -0.1) is 0 Å². The number of nitriles is 1. The lowest BCUT2D eigenvalue weighted by Crippen LogP contribution is -2.36. The molecule has 1 nitrogen and oxygen atoms in total. The normalized spacial score (nSPS) is 44.9. The first kappa shape index (κ1) is 9.06. The molecule has 2 heteroatoms. The van der Waals surface area contributed by atoms with Crippen molar-refractivity contribution in [3.05, 3.63) is 0 Å². The van der Waals surface area contributed by atoms with Crippen LogP contribution in [-0.4, -0.2) is 4.32 Å². The minimum Gasteiger partial charge on any atom is -0.197 e. The molecule has 0 heterocycles. The maximum atomic E-state index is 8.94. The Kier molecular flexibility index (Phi) is 2.59. The van der Waals surface area contributed by atoms with Gasteiger partial charge in [0.05, 0.1) is 6.07 Å². The van der Waals surface area contributed by atoms with E-state index in [-0.39, 0.29) is 4.32 Å². The van der Waals surface area contributed by atoms with Crippen molar-refractivity contribution in [2.75, 3.05) is 0 Å². The van der Waals surface area contributed by atoms with Crippen LogP contribution in [0.3, 0.4) is 0 Å². The molecule has 0 aromatic rings. The lowest BCUT2D eigenvalue weighted by Gasteiger charge is -2.36. The predicted octanol–water partition coefficient (Wildman–Crippen LogP) is 3.10. The highest BCUT2D eigenvalue weighted by atomic mass is 79.9. The average Bonchev–Trinajstić information content (AvgIpc) is 2.00. The van der Waals surface area contributed by atoms with Gasteiger partial charge in [0.25, 0.3) is 0 Å². The van der Waals surface area contributed by atoms with Crippen molar-refractivity contribution in [3.8, 4) is 6.07 Å². The summed E-state index contributed by atoms with van der Waals surface area (Å²) in [4.78, 5) is 0. The molecular weight excluding hydrogens is 202 g/mol. The lowest BCUT2D eigenvalue weighted by atomic mass is 9.74. The van der Waals surface area contributed by atoms with Crippen LogP contribution in [0.25, 0.3) is 0 Å². The molecule has 1 saturated carbocycles. The fourth-order valence-electron chi connectivity index (χ4n) is 1.77. The third-order valence-corrected chi connectivity index (χ3v) is 4.26. The molecule has 1 aliphatic carbocycles. The lowest BCUT2D eigenvalue weighted by molar-refractivity contribution is 0.253. The summed E-state index contributed by atoms with van der Waals surface area (Å²) in [5.41, 5.74) is 0. The molecule has 0 aliphatic heterocycles. The van der Waals surface area contributed by atoms with E-state index in [2.05, 4.69) is 35.8 Å². The smallest absolute Gasteiger partial charge is 0.115 e. The van der Waals surface area contributed by atoms with Crippen molar-refractivity contribution in [1.82, 2.24) is 0 Å². The van der Waals surface area contributed by atoms with Gasteiger partial charge in [-0.1, -0.05) is 42.6 Å². The monoisotopic (exact) mass is 215 g/mol. The second-order valence-electron chi connectivity index (χ2n) is 3.63. The third kappa shape index (κ3) is 1.59. The second kappa shape index (κ2) is 3.15. The first-order chi connectivity index (χ1) is 5.10. The van der Waals surface area contributed by atoms with Gasteiger partial charge in [-0.3, -0.25) is 0 Å². The maximum Gasteiger partial charge on any atom is 0.115 e.